The Hall–Kier alpha value is -2.02. The van der Waals surface area contributed by atoms with E-state index in [0.29, 0.717) is 18.9 Å². The predicted molar refractivity (Wildman–Crippen MR) is 118 cm³/mol. The SMILES string of the molecule is CCNC(=NCC(c1ccco1)N(CC)CC)NCCCN1CCCCCC1=O. The molecule has 7 heteroatoms. The van der Waals surface area contributed by atoms with E-state index in [1.807, 2.05) is 17.0 Å². The maximum absolute atomic E-state index is 12.1. The van der Waals surface area contributed by atoms with Gasteiger partial charge in [0.2, 0.25) is 5.91 Å². The van der Waals surface area contributed by atoms with Gasteiger partial charge >= 0.3 is 0 Å². The van der Waals surface area contributed by atoms with Gasteiger partial charge in [-0.2, -0.15) is 0 Å². The van der Waals surface area contributed by atoms with E-state index in [1.54, 1.807) is 6.26 Å². The Morgan fingerprint density at radius 2 is 2.07 bits per heavy atom. The zero-order valence-corrected chi connectivity index (χ0v) is 18.5. The van der Waals surface area contributed by atoms with Crippen molar-refractivity contribution in [3.05, 3.63) is 24.2 Å². The summed E-state index contributed by atoms with van der Waals surface area (Å²) < 4.78 is 5.67. The van der Waals surface area contributed by atoms with Crippen molar-refractivity contribution in [3.8, 4) is 0 Å². The number of furan rings is 1. The molecule has 0 aromatic carbocycles. The highest BCUT2D eigenvalue weighted by Crippen LogP contribution is 2.21. The Kier molecular flexibility index (Phi) is 10.6. The Balaban J connectivity index is 1.88. The van der Waals surface area contributed by atoms with Crippen molar-refractivity contribution in [2.45, 2.75) is 58.9 Å². The summed E-state index contributed by atoms with van der Waals surface area (Å²) in [6, 6.07) is 4.09. The van der Waals surface area contributed by atoms with Crippen LogP contribution in [-0.2, 0) is 4.79 Å². The van der Waals surface area contributed by atoms with Crippen molar-refractivity contribution in [2.24, 2.45) is 4.99 Å². The molecule has 1 amide bonds. The minimum Gasteiger partial charge on any atom is -0.468 e. The van der Waals surface area contributed by atoms with Crippen molar-refractivity contribution >= 4 is 11.9 Å². The number of nitrogens with zero attached hydrogens (tertiary/aromatic N) is 3. The number of aliphatic imine (C=N–C) groups is 1. The maximum Gasteiger partial charge on any atom is 0.222 e. The van der Waals surface area contributed by atoms with Crippen molar-refractivity contribution in [3.63, 3.8) is 0 Å². The lowest BCUT2D eigenvalue weighted by atomic mass is 10.2. The van der Waals surface area contributed by atoms with Gasteiger partial charge in [0.1, 0.15) is 5.76 Å². The van der Waals surface area contributed by atoms with Gasteiger partial charge in [-0.1, -0.05) is 20.3 Å². The fourth-order valence-electron chi connectivity index (χ4n) is 3.80. The number of guanidine groups is 1. The molecular weight excluding hydrogens is 366 g/mol. The molecule has 0 bridgehead atoms. The molecule has 0 radical (unpaired) electrons. The summed E-state index contributed by atoms with van der Waals surface area (Å²) in [4.78, 5) is 21.3. The van der Waals surface area contributed by atoms with E-state index in [1.165, 1.54) is 6.42 Å². The minimum absolute atomic E-state index is 0.130. The first-order chi connectivity index (χ1) is 14.2. The first kappa shape index (κ1) is 23.3. The van der Waals surface area contributed by atoms with Crippen LogP contribution in [0.2, 0.25) is 0 Å². The van der Waals surface area contributed by atoms with Crippen molar-refractivity contribution in [1.29, 1.82) is 0 Å². The smallest absolute Gasteiger partial charge is 0.222 e. The van der Waals surface area contributed by atoms with E-state index in [4.69, 9.17) is 9.41 Å². The zero-order chi connectivity index (χ0) is 20.9. The summed E-state index contributed by atoms with van der Waals surface area (Å²) >= 11 is 0. The number of hydrogen-bond acceptors (Lipinski definition) is 4. The summed E-state index contributed by atoms with van der Waals surface area (Å²) in [5.74, 6) is 2.08. The molecule has 2 heterocycles. The van der Waals surface area contributed by atoms with Gasteiger partial charge < -0.3 is 20.0 Å². The second-order valence-corrected chi connectivity index (χ2v) is 7.44. The fourth-order valence-corrected chi connectivity index (χ4v) is 3.80. The molecule has 7 nitrogen and oxygen atoms in total. The number of likely N-dealkylation sites (tertiary alicyclic amines) is 1. The number of amides is 1. The molecule has 0 saturated carbocycles. The van der Waals surface area contributed by atoms with Crippen LogP contribution < -0.4 is 10.6 Å². The number of likely N-dealkylation sites (N-methyl/N-ethyl adjacent to an activating group) is 1. The van der Waals surface area contributed by atoms with Gasteiger partial charge in [0.05, 0.1) is 18.8 Å². The molecule has 1 saturated heterocycles. The molecule has 1 aromatic rings. The molecule has 1 unspecified atom stereocenters. The Bertz CT molecular complexity index is 598. The third kappa shape index (κ3) is 7.72. The Morgan fingerprint density at radius 1 is 1.24 bits per heavy atom. The zero-order valence-electron chi connectivity index (χ0n) is 18.5. The summed E-state index contributed by atoms with van der Waals surface area (Å²) in [5.41, 5.74) is 0. The van der Waals surface area contributed by atoms with Crippen molar-refractivity contribution in [1.82, 2.24) is 20.4 Å². The van der Waals surface area contributed by atoms with Gasteiger partial charge in [-0.3, -0.25) is 14.7 Å². The molecule has 29 heavy (non-hydrogen) atoms. The molecular formula is C22H39N5O2. The van der Waals surface area contributed by atoms with E-state index in [0.717, 1.165) is 70.3 Å². The topological polar surface area (TPSA) is 73.1 Å². The van der Waals surface area contributed by atoms with Crippen LogP contribution in [0.4, 0.5) is 0 Å². The predicted octanol–water partition coefficient (Wildman–Crippen LogP) is 3.01. The van der Waals surface area contributed by atoms with E-state index in [-0.39, 0.29) is 6.04 Å². The second kappa shape index (κ2) is 13.2. The van der Waals surface area contributed by atoms with Crippen LogP contribution in [0.15, 0.2) is 27.8 Å². The average Bonchev–Trinajstić information content (AvgIpc) is 3.18. The minimum atomic E-state index is 0.130. The van der Waals surface area contributed by atoms with Gasteiger partial charge in [0.15, 0.2) is 5.96 Å². The van der Waals surface area contributed by atoms with Crippen LogP contribution >= 0.6 is 0 Å². The molecule has 1 fully saturated rings. The maximum atomic E-state index is 12.1. The van der Waals surface area contributed by atoms with Crippen LogP contribution in [-0.4, -0.2) is 67.5 Å². The number of carbonyl (C=O) groups is 1. The van der Waals surface area contributed by atoms with Crippen LogP contribution in [0.5, 0.6) is 0 Å². The average molecular weight is 406 g/mol. The molecule has 1 atom stereocenters. The Labute approximate surface area is 175 Å². The molecule has 1 aromatic heterocycles. The van der Waals surface area contributed by atoms with Gasteiger partial charge in [0.25, 0.3) is 0 Å². The van der Waals surface area contributed by atoms with E-state index in [9.17, 15) is 4.79 Å². The molecule has 2 rings (SSSR count). The van der Waals surface area contributed by atoms with Crippen molar-refractivity contribution < 1.29 is 9.21 Å². The van der Waals surface area contributed by atoms with Crippen molar-refractivity contribution in [2.75, 3.05) is 45.8 Å². The highest BCUT2D eigenvalue weighted by molar-refractivity contribution is 5.79. The fraction of sp³-hybridized carbons (Fsp3) is 0.727. The lowest BCUT2D eigenvalue weighted by Crippen LogP contribution is -2.40. The third-order valence-corrected chi connectivity index (χ3v) is 5.46. The quantitative estimate of drug-likeness (QED) is 0.336. The highest BCUT2D eigenvalue weighted by Gasteiger charge is 2.20. The third-order valence-electron chi connectivity index (χ3n) is 5.46. The van der Waals surface area contributed by atoms with E-state index >= 15 is 0 Å². The molecule has 1 aliphatic rings. The first-order valence-electron chi connectivity index (χ1n) is 11.3. The van der Waals surface area contributed by atoms with Crippen LogP contribution in [0, 0.1) is 0 Å². The van der Waals surface area contributed by atoms with Crippen LogP contribution in [0.3, 0.4) is 0 Å². The van der Waals surface area contributed by atoms with Gasteiger partial charge in [-0.05, 0) is 51.4 Å². The first-order valence-corrected chi connectivity index (χ1v) is 11.3. The largest absolute Gasteiger partial charge is 0.468 e. The second-order valence-electron chi connectivity index (χ2n) is 7.44. The Morgan fingerprint density at radius 3 is 2.76 bits per heavy atom. The summed E-state index contributed by atoms with van der Waals surface area (Å²) in [5, 5.41) is 6.74. The number of nitrogens with one attached hydrogen (secondary N) is 2. The summed E-state index contributed by atoms with van der Waals surface area (Å²) in [6.07, 6.45) is 6.69. The van der Waals surface area contributed by atoms with Gasteiger partial charge in [-0.15, -0.1) is 0 Å². The number of hydrogen-bond donors (Lipinski definition) is 2. The van der Waals surface area contributed by atoms with E-state index in [2.05, 4.69) is 36.3 Å². The monoisotopic (exact) mass is 405 g/mol. The van der Waals surface area contributed by atoms with Gasteiger partial charge in [0, 0.05) is 32.6 Å². The number of rotatable bonds is 11. The lowest BCUT2D eigenvalue weighted by molar-refractivity contribution is -0.130. The highest BCUT2D eigenvalue weighted by atomic mass is 16.3. The molecule has 1 aliphatic heterocycles. The van der Waals surface area contributed by atoms with Gasteiger partial charge in [-0.25, -0.2) is 0 Å². The van der Waals surface area contributed by atoms with Crippen LogP contribution in [0.25, 0.3) is 0 Å². The molecule has 0 spiro atoms. The molecule has 164 valence electrons. The molecule has 2 N–H and O–H groups in total. The van der Waals surface area contributed by atoms with E-state index < -0.39 is 0 Å². The van der Waals surface area contributed by atoms with Crippen LogP contribution in [0.1, 0.15) is 64.7 Å². The molecule has 0 aliphatic carbocycles. The summed E-state index contributed by atoms with van der Waals surface area (Å²) in [6.45, 7) is 12.3. The number of carbonyl (C=O) groups excluding carboxylic acids is 1. The normalized spacial score (nSPS) is 16.8. The summed E-state index contributed by atoms with van der Waals surface area (Å²) in [7, 11) is 0. The lowest BCUT2D eigenvalue weighted by Gasteiger charge is -2.27. The standard InChI is InChI=1S/C22H39N5O2/c1-4-23-22(24-14-11-16-27-15-9-7-8-13-21(27)28)25-18-19(26(5-2)6-3)20-12-10-17-29-20/h10,12,17,19H,4-9,11,13-16,18H2,1-3H3,(H2,23,24,25).